The Bertz CT molecular complexity index is 422. The third-order valence-electron chi connectivity index (χ3n) is 5.74. The molecule has 4 saturated carbocycles. The number of carbonyl (C=O) groups is 2. The number of aliphatic carboxylic acids is 1. The summed E-state index contributed by atoms with van der Waals surface area (Å²) < 4.78 is 0. The van der Waals surface area contributed by atoms with E-state index in [1.165, 1.54) is 38.5 Å². The standard InChI is InChI=1S/C17H25NO3/c1-2-3-14(16(20)21)18-15(19)10-17-7-11-4-12(8-17)6-13(5-11)9-17/h2,11-14H,1,3-10H2,(H,18,19)(H,20,21). The highest BCUT2D eigenvalue weighted by molar-refractivity contribution is 5.84. The normalized spacial score (nSPS) is 38.0. The van der Waals surface area contributed by atoms with Gasteiger partial charge in [-0.1, -0.05) is 6.08 Å². The molecule has 0 aromatic rings. The first-order chi connectivity index (χ1) is 9.99. The Hall–Kier alpha value is -1.32. The molecule has 0 heterocycles. The van der Waals surface area contributed by atoms with Crippen LogP contribution in [-0.2, 0) is 9.59 Å². The van der Waals surface area contributed by atoms with Crippen molar-refractivity contribution in [3.63, 3.8) is 0 Å². The van der Waals surface area contributed by atoms with E-state index >= 15 is 0 Å². The summed E-state index contributed by atoms with van der Waals surface area (Å²) in [6.45, 7) is 3.56. The molecule has 4 rings (SSSR count). The number of carboxylic acid groups (broad SMARTS) is 1. The van der Waals surface area contributed by atoms with E-state index in [4.69, 9.17) is 5.11 Å². The van der Waals surface area contributed by atoms with Gasteiger partial charge in [-0.05, 0) is 68.1 Å². The number of hydrogen-bond donors (Lipinski definition) is 2. The van der Waals surface area contributed by atoms with E-state index < -0.39 is 12.0 Å². The first-order valence-electron chi connectivity index (χ1n) is 8.13. The fourth-order valence-corrected chi connectivity index (χ4v) is 5.48. The quantitative estimate of drug-likeness (QED) is 0.739. The Balaban J connectivity index is 1.62. The van der Waals surface area contributed by atoms with E-state index in [9.17, 15) is 9.59 Å². The van der Waals surface area contributed by atoms with E-state index in [-0.39, 0.29) is 17.7 Å². The average molecular weight is 291 g/mol. The van der Waals surface area contributed by atoms with Gasteiger partial charge in [-0.2, -0.15) is 0 Å². The second kappa shape index (κ2) is 5.47. The van der Waals surface area contributed by atoms with Crippen LogP contribution in [0, 0.1) is 23.2 Å². The molecule has 116 valence electrons. The molecule has 0 saturated heterocycles. The largest absolute Gasteiger partial charge is 0.480 e. The van der Waals surface area contributed by atoms with Crippen LogP contribution >= 0.6 is 0 Å². The number of carboxylic acids is 1. The van der Waals surface area contributed by atoms with Gasteiger partial charge >= 0.3 is 5.97 Å². The Kier molecular flexibility index (Phi) is 3.80. The number of carbonyl (C=O) groups excluding carboxylic acids is 1. The predicted octanol–water partition coefficient (Wildman–Crippen LogP) is 2.74. The molecule has 4 bridgehead atoms. The van der Waals surface area contributed by atoms with Gasteiger partial charge in [0.25, 0.3) is 0 Å². The lowest BCUT2D eigenvalue weighted by atomic mass is 9.49. The Morgan fingerprint density at radius 1 is 1.19 bits per heavy atom. The molecule has 4 fully saturated rings. The molecule has 4 aliphatic rings. The summed E-state index contributed by atoms with van der Waals surface area (Å²) in [7, 11) is 0. The van der Waals surface area contributed by atoms with Gasteiger partial charge in [0.05, 0.1) is 0 Å². The lowest BCUT2D eigenvalue weighted by Gasteiger charge is -2.56. The molecule has 2 N–H and O–H groups in total. The van der Waals surface area contributed by atoms with Crippen LogP contribution in [0.5, 0.6) is 0 Å². The first-order valence-corrected chi connectivity index (χ1v) is 8.13. The maximum Gasteiger partial charge on any atom is 0.326 e. The predicted molar refractivity (Wildman–Crippen MR) is 79.6 cm³/mol. The van der Waals surface area contributed by atoms with Crippen LogP contribution < -0.4 is 5.32 Å². The lowest BCUT2D eigenvalue weighted by Crippen LogP contribution is -2.49. The van der Waals surface area contributed by atoms with E-state index in [0.717, 1.165) is 17.8 Å². The minimum absolute atomic E-state index is 0.0915. The van der Waals surface area contributed by atoms with Crippen LogP contribution in [0.4, 0.5) is 0 Å². The molecule has 0 spiro atoms. The van der Waals surface area contributed by atoms with Crippen molar-refractivity contribution in [1.29, 1.82) is 0 Å². The summed E-state index contributed by atoms with van der Waals surface area (Å²) >= 11 is 0. The zero-order valence-electron chi connectivity index (χ0n) is 12.5. The molecule has 0 radical (unpaired) electrons. The van der Waals surface area contributed by atoms with Crippen LogP contribution in [0.3, 0.4) is 0 Å². The van der Waals surface area contributed by atoms with Crippen LogP contribution in [0.25, 0.3) is 0 Å². The van der Waals surface area contributed by atoms with Crippen molar-refractivity contribution in [2.75, 3.05) is 0 Å². The average Bonchev–Trinajstić information content (AvgIpc) is 2.35. The van der Waals surface area contributed by atoms with Crippen molar-refractivity contribution >= 4 is 11.9 Å². The molecular weight excluding hydrogens is 266 g/mol. The Morgan fingerprint density at radius 3 is 2.14 bits per heavy atom. The van der Waals surface area contributed by atoms with Crippen molar-refractivity contribution in [3.05, 3.63) is 12.7 Å². The van der Waals surface area contributed by atoms with Crippen LogP contribution in [0.15, 0.2) is 12.7 Å². The van der Waals surface area contributed by atoms with Crippen molar-refractivity contribution in [2.45, 2.75) is 57.4 Å². The fraction of sp³-hybridized carbons (Fsp3) is 0.765. The summed E-state index contributed by atoms with van der Waals surface area (Å²) in [5.41, 5.74) is 0.163. The monoisotopic (exact) mass is 291 g/mol. The summed E-state index contributed by atoms with van der Waals surface area (Å²) in [5, 5.41) is 11.8. The van der Waals surface area contributed by atoms with E-state index in [2.05, 4.69) is 11.9 Å². The highest BCUT2D eigenvalue weighted by Gasteiger charge is 2.51. The van der Waals surface area contributed by atoms with Gasteiger partial charge in [0.2, 0.25) is 5.91 Å². The third-order valence-corrected chi connectivity index (χ3v) is 5.74. The second-order valence-electron chi connectivity index (χ2n) is 7.58. The van der Waals surface area contributed by atoms with Crippen molar-refractivity contribution in [1.82, 2.24) is 5.32 Å². The molecular formula is C17H25NO3. The molecule has 1 amide bonds. The van der Waals surface area contributed by atoms with Crippen LogP contribution in [0.1, 0.15) is 51.4 Å². The van der Waals surface area contributed by atoms with Crippen LogP contribution in [0.2, 0.25) is 0 Å². The van der Waals surface area contributed by atoms with Crippen molar-refractivity contribution in [3.8, 4) is 0 Å². The summed E-state index contributed by atoms with van der Waals surface area (Å²) in [5.74, 6) is 1.37. The maximum absolute atomic E-state index is 12.3. The molecule has 4 nitrogen and oxygen atoms in total. The Labute approximate surface area is 126 Å². The molecule has 4 heteroatoms. The molecule has 4 aliphatic carbocycles. The second-order valence-corrected chi connectivity index (χ2v) is 7.58. The zero-order chi connectivity index (χ0) is 15.0. The number of hydrogen-bond acceptors (Lipinski definition) is 2. The number of rotatable bonds is 6. The van der Waals surface area contributed by atoms with Crippen molar-refractivity contribution in [2.24, 2.45) is 23.2 Å². The van der Waals surface area contributed by atoms with E-state index in [1.807, 2.05) is 0 Å². The number of amides is 1. The van der Waals surface area contributed by atoms with E-state index in [0.29, 0.717) is 6.42 Å². The summed E-state index contributed by atoms with van der Waals surface area (Å²) in [4.78, 5) is 23.4. The summed E-state index contributed by atoms with van der Waals surface area (Å²) in [6, 6.07) is -0.830. The molecule has 1 unspecified atom stereocenters. The lowest BCUT2D eigenvalue weighted by molar-refractivity contribution is -0.143. The molecule has 1 atom stereocenters. The van der Waals surface area contributed by atoms with Gasteiger partial charge in [-0.25, -0.2) is 4.79 Å². The van der Waals surface area contributed by atoms with Crippen LogP contribution in [-0.4, -0.2) is 23.0 Å². The van der Waals surface area contributed by atoms with Gasteiger partial charge < -0.3 is 10.4 Å². The molecule has 0 aliphatic heterocycles. The highest BCUT2D eigenvalue weighted by atomic mass is 16.4. The number of nitrogens with one attached hydrogen (secondary N) is 1. The first kappa shape index (κ1) is 14.6. The zero-order valence-corrected chi connectivity index (χ0v) is 12.5. The minimum Gasteiger partial charge on any atom is -0.480 e. The molecule has 21 heavy (non-hydrogen) atoms. The maximum atomic E-state index is 12.3. The Morgan fingerprint density at radius 2 is 1.71 bits per heavy atom. The van der Waals surface area contributed by atoms with Gasteiger partial charge in [0.1, 0.15) is 6.04 Å². The summed E-state index contributed by atoms with van der Waals surface area (Å²) in [6.07, 6.45) is 9.92. The molecule has 0 aromatic heterocycles. The van der Waals surface area contributed by atoms with Gasteiger partial charge in [0.15, 0.2) is 0 Å². The van der Waals surface area contributed by atoms with Gasteiger partial charge in [0, 0.05) is 6.42 Å². The smallest absolute Gasteiger partial charge is 0.326 e. The van der Waals surface area contributed by atoms with E-state index in [1.54, 1.807) is 6.08 Å². The van der Waals surface area contributed by atoms with Gasteiger partial charge in [-0.3, -0.25) is 4.79 Å². The third kappa shape index (κ3) is 2.99. The minimum atomic E-state index is -0.978. The van der Waals surface area contributed by atoms with Gasteiger partial charge in [-0.15, -0.1) is 6.58 Å². The molecule has 0 aromatic carbocycles. The topological polar surface area (TPSA) is 66.4 Å². The SMILES string of the molecule is C=CCC(NC(=O)CC12CC3CC(CC(C3)C1)C2)C(=O)O. The van der Waals surface area contributed by atoms with Crippen molar-refractivity contribution < 1.29 is 14.7 Å². The fourth-order valence-electron chi connectivity index (χ4n) is 5.48. The highest BCUT2D eigenvalue weighted by Crippen LogP contribution is 2.61.